The van der Waals surface area contributed by atoms with Crippen molar-refractivity contribution in [2.75, 3.05) is 38.1 Å². The highest BCUT2D eigenvalue weighted by Gasteiger charge is 2.57. The second-order valence-corrected chi connectivity index (χ2v) is 10.8. The molecule has 0 N–H and O–H groups in total. The zero-order chi connectivity index (χ0) is 22.2. The quantitative estimate of drug-likeness (QED) is 0.639. The van der Waals surface area contributed by atoms with Crippen molar-refractivity contribution in [1.29, 1.82) is 5.26 Å². The Morgan fingerprint density at radius 3 is 2.19 bits per heavy atom. The number of hydrogen-bond acceptors (Lipinski definition) is 5. The van der Waals surface area contributed by atoms with Crippen molar-refractivity contribution in [3.63, 3.8) is 0 Å². The number of nitriles is 1. The van der Waals surface area contributed by atoms with Gasteiger partial charge in [-0.25, -0.2) is 0 Å². The molecule has 0 unspecified atom stereocenters. The van der Waals surface area contributed by atoms with Crippen LogP contribution in [-0.4, -0.2) is 65.4 Å². The third-order valence-corrected chi connectivity index (χ3v) is 7.57. The maximum Gasteiger partial charge on any atom is 0.127 e. The van der Waals surface area contributed by atoms with Gasteiger partial charge in [0.15, 0.2) is 0 Å². The predicted molar refractivity (Wildman–Crippen MR) is 132 cm³/mol. The number of amidine groups is 1. The second-order valence-electron chi connectivity index (χ2n) is 10.4. The highest BCUT2D eigenvalue weighted by Crippen LogP contribution is 2.50. The molecule has 0 amide bonds. The van der Waals surface area contributed by atoms with E-state index in [1.54, 1.807) is 0 Å². The molecule has 3 fully saturated rings. The molecule has 3 aliphatic rings. The topological polar surface area (TPSA) is 45.9 Å². The fourth-order valence-electron chi connectivity index (χ4n) is 5.47. The molecule has 2 aliphatic heterocycles. The molecule has 6 heteroatoms. The van der Waals surface area contributed by atoms with Gasteiger partial charge in [0.2, 0.25) is 0 Å². The van der Waals surface area contributed by atoms with Crippen molar-refractivity contribution in [1.82, 2.24) is 9.80 Å². The van der Waals surface area contributed by atoms with E-state index < -0.39 is 0 Å². The number of benzene rings is 1. The van der Waals surface area contributed by atoms with Crippen LogP contribution in [0.1, 0.15) is 58.4 Å². The number of likely N-dealkylation sites (N-methyl/N-ethyl adjacent to an activating group) is 1. The van der Waals surface area contributed by atoms with Crippen molar-refractivity contribution in [3.8, 4) is 6.07 Å². The zero-order valence-corrected chi connectivity index (χ0v) is 20.2. The molecule has 1 spiro atoms. The fourth-order valence-corrected chi connectivity index (χ4v) is 5.98. The van der Waals surface area contributed by atoms with Crippen molar-refractivity contribution in [2.45, 2.75) is 64.5 Å². The minimum atomic E-state index is -0.194. The van der Waals surface area contributed by atoms with Crippen LogP contribution in [0.25, 0.3) is 0 Å². The average molecular weight is 438 g/mol. The number of nitrogens with zero attached hydrogens (tertiary/aromatic N) is 5. The van der Waals surface area contributed by atoms with Gasteiger partial charge in [0.25, 0.3) is 0 Å². The van der Waals surface area contributed by atoms with Gasteiger partial charge in [-0.3, -0.25) is 14.8 Å². The monoisotopic (exact) mass is 437 g/mol. The Morgan fingerprint density at radius 1 is 1.03 bits per heavy atom. The van der Waals surface area contributed by atoms with Gasteiger partial charge in [-0.2, -0.15) is 5.26 Å². The maximum absolute atomic E-state index is 9.26. The molecular formula is C25H35N5S. The summed E-state index contributed by atoms with van der Waals surface area (Å²) < 4.78 is 0. The van der Waals surface area contributed by atoms with Crippen molar-refractivity contribution in [3.05, 3.63) is 29.8 Å². The standard InChI is InChI=1S/C25H35N5S/c1-24(2,3)27-22-21(29-16-14-28(4)15-17-29)25(12-6-5-7-13-25)23(31)30(22)20-10-8-19(18-26)9-11-20/h8-11,21H,5-7,12-17H2,1-4H3/t21-/m0/s1. The van der Waals surface area contributed by atoms with E-state index in [4.69, 9.17) is 17.2 Å². The maximum atomic E-state index is 9.26. The molecule has 2 saturated heterocycles. The number of piperazine rings is 1. The summed E-state index contributed by atoms with van der Waals surface area (Å²) in [6.45, 7) is 10.8. The van der Waals surface area contributed by atoms with E-state index in [2.05, 4.69) is 48.6 Å². The predicted octanol–water partition coefficient (Wildman–Crippen LogP) is 4.47. The first-order chi connectivity index (χ1) is 14.7. The molecule has 1 aromatic rings. The fraction of sp³-hybridized carbons (Fsp3) is 0.640. The smallest absolute Gasteiger partial charge is 0.127 e. The Morgan fingerprint density at radius 2 is 1.65 bits per heavy atom. The van der Waals surface area contributed by atoms with Crippen LogP contribution >= 0.6 is 12.2 Å². The van der Waals surface area contributed by atoms with Crippen LogP contribution < -0.4 is 4.90 Å². The highest BCUT2D eigenvalue weighted by atomic mass is 32.1. The van der Waals surface area contributed by atoms with E-state index in [0.717, 1.165) is 55.5 Å². The minimum absolute atomic E-state index is 0.0263. The Kier molecular flexibility index (Phi) is 6.22. The first kappa shape index (κ1) is 22.4. The Hall–Kier alpha value is -1.81. The van der Waals surface area contributed by atoms with Crippen LogP contribution in [0.3, 0.4) is 0 Å². The lowest BCUT2D eigenvalue weighted by Gasteiger charge is -2.45. The number of rotatable bonds is 2. The molecule has 1 aromatic carbocycles. The van der Waals surface area contributed by atoms with Crippen molar-refractivity contribution in [2.24, 2.45) is 10.4 Å². The summed E-state index contributed by atoms with van der Waals surface area (Å²) in [5.74, 6) is 1.11. The van der Waals surface area contributed by atoms with Gasteiger partial charge in [0, 0.05) is 37.3 Å². The number of aliphatic imine (C=N–C) groups is 1. The zero-order valence-electron chi connectivity index (χ0n) is 19.4. The lowest BCUT2D eigenvalue weighted by atomic mass is 9.69. The van der Waals surface area contributed by atoms with E-state index in [0.29, 0.717) is 5.56 Å². The average Bonchev–Trinajstić information content (AvgIpc) is 2.95. The Labute approximate surface area is 192 Å². The molecule has 1 atom stereocenters. The van der Waals surface area contributed by atoms with Crippen LogP contribution in [0.5, 0.6) is 0 Å². The summed E-state index contributed by atoms with van der Waals surface area (Å²) in [6, 6.07) is 10.3. The number of hydrogen-bond donors (Lipinski definition) is 0. The van der Waals surface area contributed by atoms with E-state index in [1.807, 2.05) is 24.3 Å². The summed E-state index contributed by atoms with van der Waals surface area (Å²) in [5.41, 5.74) is 1.49. The van der Waals surface area contributed by atoms with Crippen molar-refractivity contribution < 1.29 is 0 Å². The minimum Gasteiger partial charge on any atom is -0.304 e. The largest absolute Gasteiger partial charge is 0.304 e. The summed E-state index contributed by atoms with van der Waals surface area (Å²) in [4.78, 5) is 13.7. The molecule has 1 aliphatic carbocycles. The van der Waals surface area contributed by atoms with Gasteiger partial charge in [0.05, 0.1) is 28.2 Å². The molecule has 4 rings (SSSR count). The lowest BCUT2D eigenvalue weighted by Crippen LogP contribution is -2.57. The van der Waals surface area contributed by atoms with Gasteiger partial charge in [-0.15, -0.1) is 0 Å². The molecular weight excluding hydrogens is 402 g/mol. The van der Waals surface area contributed by atoms with Crippen LogP contribution in [0.4, 0.5) is 5.69 Å². The summed E-state index contributed by atoms with van der Waals surface area (Å²) in [5, 5.41) is 9.26. The Balaban J connectivity index is 1.84. The number of thiocarbonyl (C=S) groups is 1. The van der Waals surface area contributed by atoms with Gasteiger partial charge in [0.1, 0.15) is 5.84 Å². The third kappa shape index (κ3) is 4.28. The molecule has 166 valence electrons. The summed E-state index contributed by atoms with van der Waals surface area (Å²) in [6.07, 6.45) is 6.03. The van der Waals surface area contributed by atoms with E-state index in [9.17, 15) is 5.26 Å². The Bertz CT molecular complexity index is 878. The van der Waals surface area contributed by atoms with Crippen LogP contribution in [0.15, 0.2) is 29.3 Å². The lowest BCUT2D eigenvalue weighted by molar-refractivity contribution is 0.0818. The SMILES string of the molecule is CN1CCN([C@H]2C(=NC(C)(C)C)N(c3ccc(C#N)cc3)C(=S)C23CCCCC3)CC1. The van der Waals surface area contributed by atoms with Crippen LogP contribution in [0.2, 0.25) is 0 Å². The van der Waals surface area contributed by atoms with E-state index in [1.165, 1.54) is 19.3 Å². The van der Waals surface area contributed by atoms with Crippen LogP contribution in [0, 0.1) is 16.7 Å². The first-order valence-corrected chi connectivity index (χ1v) is 12.0. The molecule has 0 bridgehead atoms. The second kappa shape index (κ2) is 8.61. The van der Waals surface area contributed by atoms with E-state index in [-0.39, 0.29) is 17.0 Å². The third-order valence-electron chi connectivity index (χ3n) is 6.98. The van der Waals surface area contributed by atoms with Gasteiger partial charge >= 0.3 is 0 Å². The number of anilines is 1. The first-order valence-electron chi connectivity index (χ1n) is 11.6. The molecule has 0 radical (unpaired) electrons. The molecule has 0 aromatic heterocycles. The van der Waals surface area contributed by atoms with Crippen LogP contribution in [-0.2, 0) is 0 Å². The van der Waals surface area contributed by atoms with Crippen molar-refractivity contribution >= 4 is 28.7 Å². The normalized spacial score (nSPS) is 26.5. The molecule has 2 heterocycles. The van der Waals surface area contributed by atoms with Gasteiger partial charge in [-0.05, 0) is 64.9 Å². The highest BCUT2D eigenvalue weighted by molar-refractivity contribution is 7.80. The molecule has 31 heavy (non-hydrogen) atoms. The molecule has 1 saturated carbocycles. The summed E-state index contributed by atoms with van der Waals surface area (Å²) >= 11 is 6.29. The van der Waals surface area contributed by atoms with Gasteiger partial charge < -0.3 is 4.90 Å². The van der Waals surface area contributed by atoms with E-state index >= 15 is 0 Å². The molecule has 5 nitrogen and oxygen atoms in total. The summed E-state index contributed by atoms with van der Waals surface area (Å²) in [7, 11) is 2.21. The van der Waals surface area contributed by atoms with Gasteiger partial charge in [-0.1, -0.05) is 31.5 Å².